The molecule has 33 heavy (non-hydrogen) atoms. The van der Waals surface area contributed by atoms with Gasteiger partial charge in [0.25, 0.3) is 0 Å². The molecule has 0 fully saturated rings. The van der Waals surface area contributed by atoms with Crippen molar-refractivity contribution in [3.8, 4) is 22.6 Å². The normalized spacial score (nSPS) is 12.5. The number of rotatable bonds is 7. The topological polar surface area (TPSA) is 55.6 Å². The van der Waals surface area contributed by atoms with Gasteiger partial charge in [0.05, 0.1) is 35.9 Å². The highest BCUT2D eigenvalue weighted by molar-refractivity contribution is 5.77. The molecule has 0 unspecified atom stereocenters. The van der Waals surface area contributed by atoms with Gasteiger partial charge in [-0.2, -0.15) is 13.2 Å². The van der Waals surface area contributed by atoms with Crippen LogP contribution < -0.4 is 5.32 Å². The summed E-state index contributed by atoms with van der Waals surface area (Å²) in [5.41, 5.74) is 2.84. The van der Waals surface area contributed by atoms with Gasteiger partial charge in [0.2, 0.25) is 5.95 Å². The van der Waals surface area contributed by atoms with Crippen LogP contribution in [0.4, 0.5) is 23.5 Å². The summed E-state index contributed by atoms with van der Waals surface area (Å²) >= 11 is 0. The molecule has 0 aliphatic heterocycles. The Morgan fingerprint density at radius 1 is 0.970 bits per heavy atom. The first-order valence-electron chi connectivity index (χ1n) is 10.3. The molecule has 9 heteroatoms. The van der Waals surface area contributed by atoms with E-state index < -0.39 is 18.4 Å². The van der Waals surface area contributed by atoms with Gasteiger partial charge in [-0.3, -0.25) is 0 Å². The maximum absolute atomic E-state index is 13.4. The lowest BCUT2D eigenvalue weighted by molar-refractivity contribution is -0.136. The molecule has 1 N–H and O–H groups in total. The van der Waals surface area contributed by atoms with Crippen LogP contribution in [0, 0.1) is 5.82 Å². The van der Waals surface area contributed by atoms with Crippen molar-refractivity contribution < 1.29 is 17.6 Å². The van der Waals surface area contributed by atoms with E-state index in [4.69, 9.17) is 0 Å². The minimum absolute atomic E-state index is 0.0897. The fourth-order valence-corrected chi connectivity index (χ4v) is 3.47. The van der Waals surface area contributed by atoms with Crippen LogP contribution in [0.5, 0.6) is 0 Å². The van der Waals surface area contributed by atoms with E-state index in [-0.39, 0.29) is 12.6 Å². The second-order valence-corrected chi connectivity index (χ2v) is 7.55. The number of aromatic nitrogens is 4. The predicted molar refractivity (Wildman–Crippen MR) is 118 cm³/mol. The third-order valence-corrected chi connectivity index (χ3v) is 5.13. The molecule has 0 aliphatic rings. The molecule has 2 aromatic carbocycles. The summed E-state index contributed by atoms with van der Waals surface area (Å²) in [4.78, 5) is 13.1. The second kappa shape index (κ2) is 9.40. The third-order valence-electron chi connectivity index (χ3n) is 5.13. The van der Waals surface area contributed by atoms with Crippen LogP contribution in [0.15, 0.2) is 73.2 Å². The molecule has 170 valence electrons. The standard InChI is InChI=1S/C24H21F4N5/c1-16(17-5-3-2-4-6-17)31-23-29-13-11-20(32-23)22-21(18-7-9-19(25)10-8-18)30-15-33(22)14-12-24(26,27)28/h2-11,13,15-16H,12,14H2,1H3,(H,29,31,32)/t16-/m0/s1. The lowest BCUT2D eigenvalue weighted by atomic mass is 10.1. The molecular formula is C24H21F4N5. The van der Waals surface area contributed by atoms with Gasteiger partial charge in [0.1, 0.15) is 5.82 Å². The smallest absolute Gasteiger partial charge is 0.348 e. The first-order valence-corrected chi connectivity index (χ1v) is 10.3. The van der Waals surface area contributed by atoms with Crippen LogP contribution in [-0.4, -0.2) is 25.7 Å². The number of halogens is 4. The molecule has 0 aliphatic carbocycles. The largest absolute Gasteiger partial charge is 0.390 e. The maximum Gasteiger partial charge on any atom is 0.390 e. The van der Waals surface area contributed by atoms with Crippen LogP contribution >= 0.6 is 0 Å². The monoisotopic (exact) mass is 455 g/mol. The first kappa shape index (κ1) is 22.4. The summed E-state index contributed by atoms with van der Waals surface area (Å²) in [6.07, 6.45) is -2.44. The number of hydrogen-bond acceptors (Lipinski definition) is 4. The highest BCUT2D eigenvalue weighted by Crippen LogP contribution is 2.32. The van der Waals surface area contributed by atoms with E-state index in [2.05, 4.69) is 20.3 Å². The average Bonchev–Trinajstić information content (AvgIpc) is 3.22. The fourth-order valence-electron chi connectivity index (χ4n) is 3.47. The van der Waals surface area contributed by atoms with E-state index in [1.54, 1.807) is 6.07 Å². The Morgan fingerprint density at radius 2 is 1.70 bits per heavy atom. The lowest BCUT2D eigenvalue weighted by Gasteiger charge is -2.15. The first-order chi connectivity index (χ1) is 15.8. The predicted octanol–water partition coefficient (Wildman–Crippen LogP) is 6.27. The Balaban J connectivity index is 1.71. The van der Waals surface area contributed by atoms with E-state index in [1.165, 1.54) is 41.4 Å². The molecular weight excluding hydrogens is 434 g/mol. The zero-order valence-electron chi connectivity index (χ0n) is 17.7. The van der Waals surface area contributed by atoms with Gasteiger partial charge in [-0.05, 0) is 42.8 Å². The van der Waals surface area contributed by atoms with Crippen LogP contribution in [0.1, 0.15) is 24.9 Å². The van der Waals surface area contributed by atoms with Crippen molar-refractivity contribution in [3.05, 3.63) is 84.6 Å². The summed E-state index contributed by atoms with van der Waals surface area (Å²) in [7, 11) is 0. The van der Waals surface area contributed by atoms with Crippen molar-refractivity contribution >= 4 is 5.95 Å². The van der Waals surface area contributed by atoms with Crippen LogP contribution in [0.25, 0.3) is 22.6 Å². The Labute approximate surface area is 188 Å². The highest BCUT2D eigenvalue weighted by Gasteiger charge is 2.28. The molecule has 4 rings (SSSR count). The number of benzene rings is 2. The fraction of sp³-hybridized carbons (Fsp3) is 0.208. The molecule has 0 spiro atoms. The molecule has 2 aromatic heterocycles. The zero-order valence-corrected chi connectivity index (χ0v) is 17.7. The van der Waals surface area contributed by atoms with Crippen LogP contribution in [0.3, 0.4) is 0 Å². The van der Waals surface area contributed by atoms with Crippen molar-refractivity contribution in [1.29, 1.82) is 0 Å². The maximum atomic E-state index is 13.4. The quantitative estimate of drug-likeness (QED) is 0.334. The van der Waals surface area contributed by atoms with Crippen molar-refractivity contribution in [2.24, 2.45) is 0 Å². The van der Waals surface area contributed by atoms with Crippen LogP contribution in [-0.2, 0) is 6.54 Å². The minimum atomic E-state index is -4.32. The molecule has 1 atom stereocenters. The number of anilines is 1. The van der Waals surface area contributed by atoms with Gasteiger partial charge in [-0.15, -0.1) is 0 Å². The second-order valence-electron chi connectivity index (χ2n) is 7.55. The Hall–Kier alpha value is -3.75. The molecule has 0 saturated heterocycles. The number of nitrogens with one attached hydrogen (secondary N) is 1. The van der Waals surface area contributed by atoms with Gasteiger partial charge in [0, 0.05) is 18.3 Å². The number of hydrogen-bond donors (Lipinski definition) is 1. The number of imidazole rings is 1. The average molecular weight is 455 g/mol. The van der Waals surface area contributed by atoms with Crippen molar-refractivity contribution in [3.63, 3.8) is 0 Å². The van der Waals surface area contributed by atoms with Crippen LogP contribution in [0.2, 0.25) is 0 Å². The summed E-state index contributed by atoms with van der Waals surface area (Å²) in [6, 6.07) is 16.9. The van der Waals surface area contributed by atoms with E-state index >= 15 is 0 Å². The number of nitrogens with zero attached hydrogens (tertiary/aromatic N) is 4. The zero-order chi connectivity index (χ0) is 23.4. The highest BCUT2D eigenvalue weighted by atomic mass is 19.4. The number of aryl methyl sites for hydroxylation is 1. The van der Waals surface area contributed by atoms with Gasteiger partial charge in [-0.1, -0.05) is 30.3 Å². The van der Waals surface area contributed by atoms with Crippen molar-refractivity contribution in [2.75, 3.05) is 5.32 Å². The molecule has 0 radical (unpaired) electrons. The third kappa shape index (κ3) is 5.54. The van der Waals surface area contributed by atoms with Gasteiger partial charge in [-0.25, -0.2) is 19.3 Å². The summed E-state index contributed by atoms with van der Waals surface area (Å²) < 4.78 is 53.6. The summed E-state index contributed by atoms with van der Waals surface area (Å²) in [5, 5.41) is 3.22. The number of alkyl halides is 3. The van der Waals surface area contributed by atoms with Crippen molar-refractivity contribution in [1.82, 2.24) is 19.5 Å². The molecule has 2 heterocycles. The summed E-state index contributed by atoms with van der Waals surface area (Å²) in [6.45, 7) is 1.64. The molecule has 5 nitrogen and oxygen atoms in total. The lowest BCUT2D eigenvalue weighted by Crippen LogP contribution is -2.13. The minimum Gasteiger partial charge on any atom is -0.348 e. The van der Waals surface area contributed by atoms with E-state index in [0.29, 0.717) is 28.6 Å². The van der Waals surface area contributed by atoms with Crippen molar-refractivity contribution in [2.45, 2.75) is 32.1 Å². The van der Waals surface area contributed by atoms with Gasteiger partial charge in [0.15, 0.2) is 0 Å². The Kier molecular flexibility index (Phi) is 6.39. The molecule has 4 aromatic rings. The Bertz CT molecular complexity index is 1200. The van der Waals surface area contributed by atoms with E-state index in [9.17, 15) is 17.6 Å². The Morgan fingerprint density at radius 3 is 2.39 bits per heavy atom. The molecule has 0 amide bonds. The molecule has 0 saturated carbocycles. The SMILES string of the molecule is C[C@H](Nc1nccc(-c2c(-c3ccc(F)cc3)ncn2CCC(F)(F)F)n1)c1ccccc1. The van der Waals surface area contributed by atoms with E-state index in [1.807, 2.05) is 37.3 Å². The van der Waals surface area contributed by atoms with Gasteiger partial charge >= 0.3 is 6.18 Å². The summed E-state index contributed by atoms with van der Waals surface area (Å²) in [5.74, 6) is -0.0855. The van der Waals surface area contributed by atoms with E-state index in [0.717, 1.165) is 5.56 Å². The van der Waals surface area contributed by atoms with Gasteiger partial charge < -0.3 is 9.88 Å². The molecule has 0 bridgehead atoms.